The van der Waals surface area contributed by atoms with Crippen LogP contribution in [0.3, 0.4) is 0 Å². The number of methoxy groups -OCH3 is 1. The normalized spacial score (nSPS) is 10.9. The minimum absolute atomic E-state index is 0.109. The Labute approximate surface area is 121 Å². The van der Waals surface area contributed by atoms with Crippen LogP contribution < -0.4 is 4.74 Å². The molecule has 4 nitrogen and oxygen atoms in total. The van der Waals surface area contributed by atoms with Gasteiger partial charge in [0, 0.05) is 17.6 Å². The van der Waals surface area contributed by atoms with Crippen molar-refractivity contribution in [3.8, 4) is 22.9 Å². The van der Waals surface area contributed by atoms with Crippen LogP contribution in [0.15, 0.2) is 36.4 Å². The van der Waals surface area contributed by atoms with E-state index in [0.29, 0.717) is 10.8 Å². The number of halogens is 1. The van der Waals surface area contributed by atoms with Crippen molar-refractivity contribution >= 4 is 22.6 Å². The number of aromatic hydroxyl groups is 1. The number of aryl methyl sites for hydroxylation is 1. The number of aromatic nitrogens is 2. The summed E-state index contributed by atoms with van der Waals surface area (Å²) in [6.45, 7) is 0. The summed E-state index contributed by atoms with van der Waals surface area (Å²) in [5, 5.41) is 10.3. The molecule has 102 valence electrons. The molecule has 0 aliphatic rings. The first-order valence-corrected chi connectivity index (χ1v) is 6.47. The van der Waals surface area contributed by atoms with Crippen LogP contribution in [0, 0.1) is 0 Å². The van der Waals surface area contributed by atoms with Gasteiger partial charge in [-0.2, -0.15) is 0 Å². The van der Waals surface area contributed by atoms with E-state index >= 15 is 0 Å². The average molecular weight is 289 g/mol. The molecule has 0 atom stereocenters. The van der Waals surface area contributed by atoms with Crippen LogP contribution in [0.25, 0.3) is 22.4 Å². The maximum absolute atomic E-state index is 9.66. The quantitative estimate of drug-likeness (QED) is 0.783. The molecule has 0 bridgehead atoms. The highest BCUT2D eigenvalue weighted by molar-refractivity contribution is 6.31. The first-order valence-electron chi connectivity index (χ1n) is 6.09. The summed E-state index contributed by atoms with van der Waals surface area (Å²) >= 11 is 5.99. The van der Waals surface area contributed by atoms with Crippen molar-refractivity contribution in [1.29, 1.82) is 0 Å². The molecule has 20 heavy (non-hydrogen) atoms. The molecule has 3 aromatic rings. The maximum atomic E-state index is 9.66. The minimum Gasteiger partial charge on any atom is -0.504 e. The van der Waals surface area contributed by atoms with Crippen LogP contribution in [-0.4, -0.2) is 21.8 Å². The number of phenolic OH excluding ortho intramolecular Hbond substituents is 1. The Morgan fingerprint density at radius 1 is 1.20 bits per heavy atom. The summed E-state index contributed by atoms with van der Waals surface area (Å²) in [4.78, 5) is 4.59. The third-order valence-corrected chi connectivity index (χ3v) is 3.52. The van der Waals surface area contributed by atoms with Gasteiger partial charge in [0.25, 0.3) is 0 Å². The zero-order valence-corrected chi connectivity index (χ0v) is 11.8. The van der Waals surface area contributed by atoms with Gasteiger partial charge < -0.3 is 14.4 Å². The molecule has 0 amide bonds. The number of hydrogen-bond acceptors (Lipinski definition) is 3. The lowest BCUT2D eigenvalue weighted by Gasteiger charge is -2.06. The highest BCUT2D eigenvalue weighted by Gasteiger charge is 2.12. The summed E-state index contributed by atoms with van der Waals surface area (Å²) in [6, 6.07) is 10.8. The van der Waals surface area contributed by atoms with Gasteiger partial charge in [-0.15, -0.1) is 0 Å². The fourth-order valence-corrected chi connectivity index (χ4v) is 2.41. The molecule has 0 unspecified atom stereocenters. The van der Waals surface area contributed by atoms with E-state index in [9.17, 15) is 5.11 Å². The Balaban J connectivity index is 2.21. The largest absolute Gasteiger partial charge is 0.504 e. The van der Waals surface area contributed by atoms with Crippen molar-refractivity contribution in [2.75, 3.05) is 7.11 Å². The van der Waals surface area contributed by atoms with Crippen molar-refractivity contribution in [1.82, 2.24) is 9.55 Å². The van der Waals surface area contributed by atoms with Gasteiger partial charge in [-0.25, -0.2) is 4.98 Å². The predicted molar refractivity (Wildman–Crippen MR) is 79.4 cm³/mol. The van der Waals surface area contributed by atoms with Gasteiger partial charge in [0.05, 0.1) is 18.1 Å². The second kappa shape index (κ2) is 4.72. The topological polar surface area (TPSA) is 47.3 Å². The molecule has 0 spiro atoms. The monoisotopic (exact) mass is 288 g/mol. The molecule has 1 aromatic heterocycles. The van der Waals surface area contributed by atoms with Gasteiger partial charge in [-0.1, -0.05) is 11.6 Å². The van der Waals surface area contributed by atoms with E-state index in [1.54, 1.807) is 18.2 Å². The van der Waals surface area contributed by atoms with E-state index < -0.39 is 0 Å². The van der Waals surface area contributed by atoms with Crippen molar-refractivity contribution < 1.29 is 9.84 Å². The standard InChI is InChI=1S/C15H13ClN2O2/c1-18-12-5-4-10(16)8-11(12)17-15(18)9-3-6-13(19)14(7-9)20-2/h3-8,19H,1-2H3. The predicted octanol–water partition coefficient (Wildman–Crippen LogP) is 3.61. The third kappa shape index (κ3) is 1.98. The Hall–Kier alpha value is -2.20. The SMILES string of the molecule is COc1cc(-c2nc3cc(Cl)ccc3n2C)ccc1O. The number of hydrogen-bond donors (Lipinski definition) is 1. The van der Waals surface area contributed by atoms with Crippen molar-refractivity contribution in [2.45, 2.75) is 0 Å². The molecule has 0 saturated heterocycles. The minimum atomic E-state index is 0.109. The van der Waals surface area contributed by atoms with Crippen LogP contribution in [-0.2, 0) is 7.05 Å². The number of phenols is 1. The molecular formula is C15H13ClN2O2. The zero-order valence-electron chi connectivity index (χ0n) is 11.1. The first-order chi connectivity index (χ1) is 9.60. The lowest BCUT2D eigenvalue weighted by atomic mass is 10.2. The highest BCUT2D eigenvalue weighted by Crippen LogP contribution is 2.32. The summed E-state index contributed by atoms with van der Waals surface area (Å²) in [7, 11) is 3.46. The van der Waals surface area contributed by atoms with Gasteiger partial charge in [-0.3, -0.25) is 0 Å². The Bertz CT molecular complexity index is 796. The second-order valence-corrected chi connectivity index (χ2v) is 4.95. The lowest BCUT2D eigenvalue weighted by molar-refractivity contribution is 0.373. The number of benzene rings is 2. The Morgan fingerprint density at radius 3 is 2.75 bits per heavy atom. The van der Waals surface area contributed by atoms with Crippen LogP contribution in [0.1, 0.15) is 0 Å². The molecule has 1 N–H and O–H groups in total. The van der Waals surface area contributed by atoms with Gasteiger partial charge in [-0.05, 0) is 36.4 Å². The van der Waals surface area contributed by atoms with Crippen molar-refractivity contribution in [3.05, 3.63) is 41.4 Å². The molecule has 0 radical (unpaired) electrons. The van der Waals surface area contributed by atoms with Crippen LogP contribution in [0.2, 0.25) is 5.02 Å². The van der Waals surface area contributed by atoms with Gasteiger partial charge in [0.15, 0.2) is 11.5 Å². The summed E-state index contributed by atoms with van der Waals surface area (Å²) in [5.74, 6) is 1.33. The highest BCUT2D eigenvalue weighted by atomic mass is 35.5. The Morgan fingerprint density at radius 2 is 2.00 bits per heavy atom. The summed E-state index contributed by atoms with van der Waals surface area (Å²) in [5.41, 5.74) is 2.70. The number of nitrogens with zero attached hydrogens (tertiary/aromatic N) is 2. The van der Waals surface area contributed by atoms with Gasteiger partial charge in [0.2, 0.25) is 0 Å². The summed E-state index contributed by atoms with van der Waals surface area (Å²) < 4.78 is 7.12. The van der Waals surface area contributed by atoms with Gasteiger partial charge in [0.1, 0.15) is 5.82 Å². The van der Waals surface area contributed by atoms with E-state index in [4.69, 9.17) is 16.3 Å². The average Bonchev–Trinajstić information content (AvgIpc) is 2.76. The smallest absolute Gasteiger partial charge is 0.161 e. The van der Waals surface area contributed by atoms with E-state index in [-0.39, 0.29) is 5.75 Å². The van der Waals surface area contributed by atoms with Crippen LogP contribution in [0.5, 0.6) is 11.5 Å². The number of imidazole rings is 1. The van der Waals surface area contributed by atoms with Crippen LogP contribution in [0.4, 0.5) is 0 Å². The van der Waals surface area contributed by atoms with E-state index in [1.807, 2.05) is 29.8 Å². The summed E-state index contributed by atoms with van der Waals surface area (Å²) in [6.07, 6.45) is 0. The lowest BCUT2D eigenvalue weighted by Crippen LogP contribution is -1.93. The second-order valence-electron chi connectivity index (χ2n) is 4.51. The molecule has 3 rings (SSSR count). The number of fused-ring (bicyclic) bond motifs is 1. The van der Waals surface area contributed by atoms with E-state index in [1.165, 1.54) is 7.11 Å². The van der Waals surface area contributed by atoms with Crippen LogP contribution >= 0.6 is 11.6 Å². The third-order valence-electron chi connectivity index (χ3n) is 3.28. The van der Waals surface area contributed by atoms with Crippen molar-refractivity contribution in [3.63, 3.8) is 0 Å². The zero-order chi connectivity index (χ0) is 14.3. The number of ether oxygens (including phenoxy) is 1. The molecule has 0 saturated carbocycles. The van der Waals surface area contributed by atoms with Crippen molar-refractivity contribution in [2.24, 2.45) is 7.05 Å². The van der Waals surface area contributed by atoms with Gasteiger partial charge >= 0.3 is 0 Å². The molecule has 5 heteroatoms. The molecule has 1 heterocycles. The van der Waals surface area contributed by atoms with E-state index in [2.05, 4.69) is 4.98 Å². The molecule has 2 aromatic carbocycles. The first kappa shape index (κ1) is 12.8. The van der Waals surface area contributed by atoms with E-state index in [0.717, 1.165) is 22.4 Å². The molecule has 0 aliphatic heterocycles. The molecule has 0 fully saturated rings. The fourth-order valence-electron chi connectivity index (χ4n) is 2.25. The molecule has 0 aliphatic carbocycles. The maximum Gasteiger partial charge on any atom is 0.161 e. The fraction of sp³-hybridized carbons (Fsp3) is 0.133. The molecular weight excluding hydrogens is 276 g/mol. The number of rotatable bonds is 2. The Kier molecular flexibility index (Phi) is 3.03.